The summed E-state index contributed by atoms with van der Waals surface area (Å²) in [4.78, 5) is 30.4. The lowest BCUT2D eigenvalue weighted by Crippen LogP contribution is -2.15. The van der Waals surface area contributed by atoms with Crippen molar-refractivity contribution in [3.05, 3.63) is 65.7 Å². The van der Waals surface area contributed by atoms with Crippen LogP contribution in [0.3, 0.4) is 0 Å². The first kappa shape index (κ1) is 17.8. The smallest absolute Gasteiger partial charge is 0.341 e. The molecule has 0 unspecified atom stereocenters. The first-order valence-corrected chi connectivity index (χ1v) is 8.85. The summed E-state index contributed by atoms with van der Waals surface area (Å²) in [6.45, 7) is 3.94. The maximum Gasteiger partial charge on any atom is 0.341 e. The maximum atomic E-state index is 12.9. The maximum absolute atomic E-state index is 12.9. The summed E-state index contributed by atoms with van der Waals surface area (Å²) in [5, 5.41) is 0.689. The van der Waals surface area contributed by atoms with Gasteiger partial charge in [-0.2, -0.15) is 0 Å². The highest BCUT2D eigenvalue weighted by Crippen LogP contribution is 2.32. The molecule has 132 valence electrons. The number of carbonyl (C=O) groups excluding carboxylic acids is 2. The van der Waals surface area contributed by atoms with Gasteiger partial charge in [-0.25, -0.2) is 9.78 Å². The number of hydrogen-bond acceptors (Lipinski definition) is 4. The van der Waals surface area contributed by atoms with Gasteiger partial charge < -0.3 is 4.74 Å². The molecule has 1 heterocycles. The van der Waals surface area contributed by atoms with Crippen LogP contribution >= 0.6 is 0 Å². The highest BCUT2D eigenvalue weighted by molar-refractivity contribution is 6.17. The minimum Gasteiger partial charge on any atom is -0.462 e. The topological polar surface area (TPSA) is 56.3 Å². The predicted octanol–water partition coefficient (Wildman–Crippen LogP) is 5.06. The van der Waals surface area contributed by atoms with Crippen molar-refractivity contribution in [3.8, 4) is 11.3 Å². The molecule has 4 nitrogen and oxygen atoms in total. The molecule has 0 aliphatic carbocycles. The second-order valence-corrected chi connectivity index (χ2v) is 5.99. The lowest BCUT2D eigenvalue weighted by Gasteiger charge is -2.15. The molecule has 0 aliphatic rings. The highest BCUT2D eigenvalue weighted by atomic mass is 16.5. The summed E-state index contributed by atoms with van der Waals surface area (Å²) >= 11 is 0. The van der Waals surface area contributed by atoms with Crippen molar-refractivity contribution in [2.45, 2.75) is 26.7 Å². The second kappa shape index (κ2) is 7.91. The van der Waals surface area contributed by atoms with Gasteiger partial charge in [-0.05, 0) is 19.4 Å². The van der Waals surface area contributed by atoms with Crippen LogP contribution in [0.15, 0.2) is 54.6 Å². The average Bonchev–Trinajstić information content (AvgIpc) is 2.67. The number of hydrogen-bond donors (Lipinski definition) is 0. The molecule has 4 heteroatoms. The monoisotopic (exact) mass is 347 g/mol. The van der Waals surface area contributed by atoms with Crippen molar-refractivity contribution in [2.75, 3.05) is 6.61 Å². The van der Waals surface area contributed by atoms with Crippen LogP contribution in [0.1, 0.15) is 47.4 Å². The molecule has 0 amide bonds. The summed E-state index contributed by atoms with van der Waals surface area (Å²) in [5.41, 5.74) is 2.64. The van der Waals surface area contributed by atoms with E-state index in [-0.39, 0.29) is 18.0 Å². The number of ether oxygens (including phenoxy) is 1. The molecule has 3 rings (SSSR count). The van der Waals surface area contributed by atoms with Crippen LogP contribution < -0.4 is 0 Å². The fraction of sp³-hybridized carbons (Fsp3) is 0.227. The van der Waals surface area contributed by atoms with Crippen molar-refractivity contribution in [2.24, 2.45) is 0 Å². The molecular formula is C22H21NO3. The zero-order valence-corrected chi connectivity index (χ0v) is 15.0. The normalized spacial score (nSPS) is 10.7. The predicted molar refractivity (Wildman–Crippen MR) is 102 cm³/mol. The standard InChI is InChI=1S/C22H21NO3/c1-3-10-18(24)19-16-13-8-9-14-17(16)23-21(15-11-6-5-7-12-15)20(19)22(25)26-4-2/h5-9,11-14H,3-4,10H2,1-2H3. The van der Waals surface area contributed by atoms with E-state index < -0.39 is 5.97 Å². The van der Waals surface area contributed by atoms with Gasteiger partial charge in [0.1, 0.15) is 0 Å². The van der Waals surface area contributed by atoms with Crippen LogP contribution in [0.2, 0.25) is 0 Å². The zero-order chi connectivity index (χ0) is 18.5. The molecule has 1 aromatic heterocycles. The van der Waals surface area contributed by atoms with Crippen LogP contribution in [0.4, 0.5) is 0 Å². The largest absolute Gasteiger partial charge is 0.462 e. The molecule has 0 atom stereocenters. The molecule has 3 aromatic rings. The number of Topliss-reactive ketones (excluding diaryl/α,β-unsaturated/α-hetero) is 1. The van der Waals surface area contributed by atoms with Crippen LogP contribution in [0.5, 0.6) is 0 Å². The van der Waals surface area contributed by atoms with Crippen molar-refractivity contribution >= 4 is 22.7 Å². The molecule has 2 aromatic carbocycles. The Bertz CT molecular complexity index is 948. The van der Waals surface area contributed by atoms with Crippen molar-refractivity contribution < 1.29 is 14.3 Å². The highest BCUT2D eigenvalue weighted by Gasteiger charge is 2.26. The number of rotatable bonds is 6. The van der Waals surface area contributed by atoms with Crippen LogP contribution in [-0.4, -0.2) is 23.3 Å². The van der Waals surface area contributed by atoms with Gasteiger partial charge in [-0.3, -0.25) is 4.79 Å². The number of aromatic nitrogens is 1. The van der Waals surface area contributed by atoms with E-state index in [0.29, 0.717) is 35.0 Å². The Hall–Kier alpha value is -3.01. The Morgan fingerprint density at radius 1 is 0.923 bits per heavy atom. The van der Waals surface area contributed by atoms with E-state index in [1.54, 1.807) is 6.92 Å². The lowest BCUT2D eigenvalue weighted by atomic mass is 9.92. The molecule has 0 saturated heterocycles. The van der Waals surface area contributed by atoms with E-state index in [1.165, 1.54) is 0 Å². The second-order valence-electron chi connectivity index (χ2n) is 5.99. The molecule has 26 heavy (non-hydrogen) atoms. The van der Waals surface area contributed by atoms with Gasteiger partial charge in [0.2, 0.25) is 0 Å². The Morgan fingerprint density at radius 3 is 2.31 bits per heavy atom. The minimum absolute atomic E-state index is 0.0636. The zero-order valence-electron chi connectivity index (χ0n) is 15.0. The summed E-state index contributed by atoms with van der Waals surface area (Å²) in [6.07, 6.45) is 1.08. The number of para-hydroxylation sites is 1. The van der Waals surface area contributed by atoms with Gasteiger partial charge in [0, 0.05) is 22.9 Å². The van der Waals surface area contributed by atoms with Gasteiger partial charge in [-0.1, -0.05) is 55.5 Å². The molecule has 0 radical (unpaired) electrons. The third-order valence-electron chi connectivity index (χ3n) is 4.18. The van der Waals surface area contributed by atoms with Crippen molar-refractivity contribution in [1.82, 2.24) is 4.98 Å². The number of pyridine rings is 1. The summed E-state index contributed by atoms with van der Waals surface area (Å²) in [6, 6.07) is 16.9. The van der Waals surface area contributed by atoms with Gasteiger partial charge in [0.05, 0.1) is 23.4 Å². The fourth-order valence-corrected chi connectivity index (χ4v) is 3.06. The number of benzene rings is 2. The molecule has 0 N–H and O–H groups in total. The third-order valence-corrected chi connectivity index (χ3v) is 4.18. The number of ketones is 1. The summed E-state index contributed by atoms with van der Waals surface area (Å²) in [5.74, 6) is -0.574. The van der Waals surface area contributed by atoms with E-state index in [4.69, 9.17) is 9.72 Å². The Morgan fingerprint density at radius 2 is 1.62 bits per heavy atom. The Balaban J connectivity index is 2.40. The Kier molecular flexibility index (Phi) is 5.42. The Labute approximate surface area is 152 Å². The molecule has 0 fully saturated rings. The van der Waals surface area contributed by atoms with Crippen LogP contribution in [0, 0.1) is 0 Å². The SMILES string of the molecule is CCCC(=O)c1c(C(=O)OCC)c(-c2ccccc2)nc2ccccc12. The van der Waals surface area contributed by atoms with Gasteiger partial charge in [0.25, 0.3) is 0 Å². The average molecular weight is 347 g/mol. The fourth-order valence-electron chi connectivity index (χ4n) is 3.06. The molecule has 0 spiro atoms. The lowest BCUT2D eigenvalue weighted by molar-refractivity contribution is 0.0524. The number of nitrogens with zero attached hydrogens (tertiary/aromatic N) is 1. The molecule has 0 saturated carbocycles. The number of fused-ring (bicyclic) bond motifs is 1. The van der Waals surface area contributed by atoms with E-state index in [0.717, 1.165) is 5.56 Å². The van der Waals surface area contributed by atoms with Crippen LogP contribution in [-0.2, 0) is 4.74 Å². The van der Waals surface area contributed by atoms with E-state index in [9.17, 15) is 9.59 Å². The summed E-state index contributed by atoms with van der Waals surface area (Å²) in [7, 11) is 0. The van der Waals surface area contributed by atoms with Crippen molar-refractivity contribution in [3.63, 3.8) is 0 Å². The molecule has 0 bridgehead atoms. The minimum atomic E-state index is -0.510. The van der Waals surface area contributed by atoms with Gasteiger partial charge in [0.15, 0.2) is 5.78 Å². The number of esters is 1. The summed E-state index contributed by atoms with van der Waals surface area (Å²) < 4.78 is 5.28. The molecule has 0 aliphatic heterocycles. The molecular weight excluding hydrogens is 326 g/mol. The van der Waals surface area contributed by atoms with Gasteiger partial charge >= 0.3 is 5.97 Å². The van der Waals surface area contributed by atoms with Crippen LogP contribution in [0.25, 0.3) is 22.2 Å². The number of carbonyl (C=O) groups is 2. The quantitative estimate of drug-likeness (QED) is 0.462. The van der Waals surface area contributed by atoms with E-state index >= 15 is 0 Å². The first-order chi connectivity index (χ1) is 12.7. The van der Waals surface area contributed by atoms with Crippen molar-refractivity contribution in [1.29, 1.82) is 0 Å². The van der Waals surface area contributed by atoms with Gasteiger partial charge in [-0.15, -0.1) is 0 Å². The van der Waals surface area contributed by atoms with E-state index in [1.807, 2.05) is 61.5 Å². The third kappa shape index (κ3) is 3.36. The first-order valence-electron chi connectivity index (χ1n) is 8.85. The van der Waals surface area contributed by atoms with E-state index in [2.05, 4.69) is 0 Å².